The number of nitrogens with one attached hydrogen (secondary N) is 1. The lowest BCUT2D eigenvalue weighted by atomic mass is 10.2. The second-order valence-corrected chi connectivity index (χ2v) is 4.87. The number of benzene rings is 1. The lowest BCUT2D eigenvalue weighted by Gasteiger charge is -2.32. The number of hydrogen-bond acceptors (Lipinski definition) is 3. The lowest BCUT2D eigenvalue weighted by molar-refractivity contribution is -0.147. The van der Waals surface area contributed by atoms with E-state index < -0.39 is 18.0 Å². The monoisotopic (exact) mass is 298 g/mol. The number of hydrogen-bond donors (Lipinski definition) is 2. The highest BCUT2D eigenvalue weighted by molar-refractivity contribution is 6.31. The summed E-state index contributed by atoms with van der Waals surface area (Å²) in [5.74, 6) is -1.08. The van der Waals surface area contributed by atoms with E-state index in [1.807, 2.05) is 0 Å². The van der Waals surface area contributed by atoms with Gasteiger partial charge < -0.3 is 20.1 Å². The summed E-state index contributed by atoms with van der Waals surface area (Å²) >= 11 is 5.98. The van der Waals surface area contributed by atoms with Crippen LogP contribution in [-0.2, 0) is 9.53 Å². The Morgan fingerprint density at radius 2 is 2.25 bits per heavy atom. The van der Waals surface area contributed by atoms with Crippen molar-refractivity contribution in [1.82, 2.24) is 4.90 Å². The third-order valence-corrected chi connectivity index (χ3v) is 3.59. The molecule has 0 saturated carbocycles. The maximum absolute atomic E-state index is 12.2. The Morgan fingerprint density at radius 1 is 1.50 bits per heavy atom. The number of ether oxygens (including phenoxy) is 1. The van der Waals surface area contributed by atoms with Crippen LogP contribution in [0.1, 0.15) is 5.56 Å². The normalized spacial score (nSPS) is 18.7. The fraction of sp³-hybridized carbons (Fsp3) is 0.385. The van der Waals surface area contributed by atoms with Crippen molar-refractivity contribution < 1.29 is 19.4 Å². The van der Waals surface area contributed by atoms with Crippen LogP contribution in [0.15, 0.2) is 18.2 Å². The minimum absolute atomic E-state index is 0.00270. The number of carboxylic acid groups (broad SMARTS) is 1. The highest BCUT2D eigenvalue weighted by atomic mass is 35.5. The zero-order valence-corrected chi connectivity index (χ0v) is 11.7. The van der Waals surface area contributed by atoms with E-state index in [-0.39, 0.29) is 13.2 Å². The molecule has 0 bridgehead atoms. The molecular formula is C13H15ClN2O4. The molecule has 20 heavy (non-hydrogen) atoms. The van der Waals surface area contributed by atoms with Gasteiger partial charge in [-0.15, -0.1) is 0 Å². The number of amides is 2. The first-order chi connectivity index (χ1) is 9.50. The van der Waals surface area contributed by atoms with Crippen molar-refractivity contribution in [3.8, 4) is 0 Å². The van der Waals surface area contributed by atoms with Crippen molar-refractivity contribution >= 4 is 29.3 Å². The van der Waals surface area contributed by atoms with Crippen molar-refractivity contribution in [2.75, 3.05) is 25.1 Å². The van der Waals surface area contributed by atoms with Crippen molar-refractivity contribution in [3.05, 3.63) is 28.8 Å². The average Bonchev–Trinajstić information content (AvgIpc) is 2.43. The van der Waals surface area contributed by atoms with Gasteiger partial charge in [0.1, 0.15) is 0 Å². The molecule has 0 radical (unpaired) electrons. The van der Waals surface area contributed by atoms with Crippen LogP contribution in [0.25, 0.3) is 0 Å². The van der Waals surface area contributed by atoms with E-state index in [9.17, 15) is 9.59 Å². The van der Waals surface area contributed by atoms with Gasteiger partial charge in [-0.1, -0.05) is 17.7 Å². The van der Waals surface area contributed by atoms with E-state index in [0.717, 1.165) is 5.56 Å². The van der Waals surface area contributed by atoms with Crippen molar-refractivity contribution in [1.29, 1.82) is 0 Å². The van der Waals surface area contributed by atoms with Crippen LogP contribution in [0, 0.1) is 6.92 Å². The molecule has 1 fully saturated rings. The molecule has 1 atom stereocenters. The topological polar surface area (TPSA) is 78.9 Å². The number of urea groups is 1. The quantitative estimate of drug-likeness (QED) is 0.875. The van der Waals surface area contributed by atoms with Crippen molar-refractivity contribution in [2.45, 2.75) is 13.0 Å². The largest absolute Gasteiger partial charge is 0.480 e. The molecule has 0 spiro atoms. The second kappa shape index (κ2) is 6.11. The molecule has 1 saturated heterocycles. The number of morpholine rings is 1. The van der Waals surface area contributed by atoms with Gasteiger partial charge in [0, 0.05) is 17.3 Å². The maximum Gasteiger partial charge on any atom is 0.328 e. The van der Waals surface area contributed by atoms with Crippen LogP contribution >= 0.6 is 11.6 Å². The molecule has 6 nitrogen and oxygen atoms in total. The third-order valence-electron chi connectivity index (χ3n) is 3.18. The molecule has 0 aromatic heterocycles. The molecule has 2 N–H and O–H groups in total. The Bertz CT molecular complexity index is 535. The number of aliphatic carboxylic acids is 1. The van der Waals surface area contributed by atoms with Gasteiger partial charge in [0.05, 0.1) is 13.2 Å². The van der Waals surface area contributed by atoms with E-state index >= 15 is 0 Å². The van der Waals surface area contributed by atoms with Gasteiger partial charge in [-0.3, -0.25) is 0 Å². The van der Waals surface area contributed by atoms with Gasteiger partial charge in [-0.2, -0.15) is 0 Å². The summed E-state index contributed by atoms with van der Waals surface area (Å²) in [7, 11) is 0. The number of rotatable bonds is 2. The second-order valence-electron chi connectivity index (χ2n) is 4.46. The molecule has 1 aromatic rings. The highest BCUT2D eigenvalue weighted by Crippen LogP contribution is 2.23. The first-order valence-corrected chi connectivity index (χ1v) is 6.52. The number of anilines is 1. The van der Waals surface area contributed by atoms with Crippen LogP contribution in [-0.4, -0.2) is 47.8 Å². The fourth-order valence-corrected chi connectivity index (χ4v) is 2.16. The molecule has 1 unspecified atom stereocenters. The van der Waals surface area contributed by atoms with Gasteiger partial charge in [-0.05, 0) is 24.6 Å². The summed E-state index contributed by atoms with van der Waals surface area (Å²) < 4.78 is 5.09. The molecule has 7 heteroatoms. The van der Waals surface area contributed by atoms with Crippen LogP contribution in [0.3, 0.4) is 0 Å². The number of halogens is 1. The van der Waals surface area contributed by atoms with Crippen molar-refractivity contribution in [2.24, 2.45) is 0 Å². The third kappa shape index (κ3) is 3.02. The Hall–Kier alpha value is -1.79. The number of carboxylic acids is 1. The Balaban J connectivity index is 2.14. The molecule has 2 amide bonds. The molecule has 1 heterocycles. The predicted octanol–water partition coefficient (Wildman–Crippen LogP) is 1.97. The molecule has 2 rings (SSSR count). The van der Waals surface area contributed by atoms with Crippen LogP contribution < -0.4 is 5.32 Å². The van der Waals surface area contributed by atoms with Gasteiger partial charge >= 0.3 is 12.0 Å². The van der Waals surface area contributed by atoms with Crippen LogP contribution in [0.4, 0.5) is 10.5 Å². The summed E-state index contributed by atoms with van der Waals surface area (Å²) in [4.78, 5) is 24.6. The van der Waals surface area contributed by atoms with Gasteiger partial charge in [0.15, 0.2) is 6.04 Å². The number of nitrogens with zero attached hydrogens (tertiary/aromatic N) is 1. The number of carbonyl (C=O) groups excluding carboxylic acids is 1. The van der Waals surface area contributed by atoms with E-state index in [4.69, 9.17) is 21.4 Å². The smallest absolute Gasteiger partial charge is 0.328 e. The van der Waals surface area contributed by atoms with E-state index in [1.165, 1.54) is 4.90 Å². The predicted molar refractivity (Wildman–Crippen MR) is 74.2 cm³/mol. The zero-order chi connectivity index (χ0) is 14.7. The van der Waals surface area contributed by atoms with E-state index in [2.05, 4.69) is 5.32 Å². The van der Waals surface area contributed by atoms with Crippen LogP contribution in [0.2, 0.25) is 5.02 Å². The molecule has 0 aliphatic carbocycles. The molecular weight excluding hydrogens is 284 g/mol. The fourth-order valence-electron chi connectivity index (χ4n) is 1.98. The Labute approximate surface area is 121 Å². The van der Waals surface area contributed by atoms with E-state index in [1.54, 1.807) is 25.1 Å². The van der Waals surface area contributed by atoms with Crippen LogP contribution in [0.5, 0.6) is 0 Å². The molecule has 1 aromatic carbocycles. The molecule has 108 valence electrons. The summed E-state index contributed by atoms with van der Waals surface area (Å²) in [5.41, 5.74) is 1.31. The lowest BCUT2D eigenvalue weighted by Crippen LogP contribution is -2.54. The molecule has 1 aliphatic rings. The summed E-state index contributed by atoms with van der Waals surface area (Å²) in [5, 5.41) is 12.3. The standard InChI is InChI=1S/C13H15ClN2O4/c1-8-9(14)3-2-4-10(8)15-13(19)16-5-6-20-7-11(16)12(17)18/h2-4,11H,5-7H2,1H3,(H,15,19)(H,17,18). The van der Waals surface area contributed by atoms with Crippen molar-refractivity contribution in [3.63, 3.8) is 0 Å². The minimum atomic E-state index is -1.08. The van der Waals surface area contributed by atoms with Gasteiger partial charge in [0.2, 0.25) is 0 Å². The summed E-state index contributed by atoms with van der Waals surface area (Å²) in [6, 6.07) is 3.73. The maximum atomic E-state index is 12.2. The van der Waals surface area contributed by atoms with E-state index in [0.29, 0.717) is 17.3 Å². The highest BCUT2D eigenvalue weighted by Gasteiger charge is 2.32. The summed E-state index contributed by atoms with van der Waals surface area (Å²) in [6.45, 7) is 2.34. The van der Waals surface area contributed by atoms with Gasteiger partial charge in [-0.25, -0.2) is 9.59 Å². The Morgan fingerprint density at radius 3 is 2.95 bits per heavy atom. The minimum Gasteiger partial charge on any atom is -0.480 e. The zero-order valence-electron chi connectivity index (χ0n) is 10.9. The summed E-state index contributed by atoms with van der Waals surface area (Å²) in [6.07, 6.45) is 0. The first kappa shape index (κ1) is 14.6. The average molecular weight is 299 g/mol. The SMILES string of the molecule is Cc1c(Cl)cccc1NC(=O)N1CCOCC1C(=O)O. The Kier molecular flexibility index (Phi) is 4.46. The number of carbonyl (C=O) groups is 2. The molecule has 1 aliphatic heterocycles. The first-order valence-electron chi connectivity index (χ1n) is 6.14. The van der Waals surface area contributed by atoms with Gasteiger partial charge in [0.25, 0.3) is 0 Å².